The smallest absolute Gasteiger partial charge is 0.407 e. The van der Waals surface area contributed by atoms with E-state index in [1.807, 2.05) is 56.9 Å². The van der Waals surface area contributed by atoms with E-state index in [2.05, 4.69) is 69.9 Å². The van der Waals surface area contributed by atoms with Crippen molar-refractivity contribution < 1.29 is 28.5 Å². The van der Waals surface area contributed by atoms with Gasteiger partial charge in [0, 0.05) is 75.1 Å². The van der Waals surface area contributed by atoms with Gasteiger partial charge in [0.05, 0.1) is 73.6 Å². The number of halogens is 1. The number of aryl methyl sites for hydroxylation is 2. The highest BCUT2D eigenvalue weighted by molar-refractivity contribution is 9.10. The number of rotatable bonds is 6. The molecule has 0 saturated carbocycles. The van der Waals surface area contributed by atoms with Gasteiger partial charge in [0.25, 0.3) is 5.88 Å². The summed E-state index contributed by atoms with van der Waals surface area (Å²) < 4.78 is 32.2. The first-order valence-corrected chi connectivity index (χ1v) is 29.0. The van der Waals surface area contributed by atoms with Crippen LogP contribution in [0.5, 0.6) is 5.88 Å². The molecule has 13 rings (SSSR count). The van der Waals surface area contributed by atoms with Gasteiger partial charge in [-0.3, -0.25) is 15.0 Å². The third-order valence-electron chi connectivity index (χ3n) is 17.4. The van der Waals surface area contributed by atoms with Gasteiger partial charge in [-0.05, 0) is 145 Å². The van der Waals surface area contributed by atoms with E-state index in [0.717, 1.165) is 185 Å². The van der Waals surface area contributed by atoms with Crippen LogP contribution < -0.4 is 35.4 Å². The van der Waals surface area contributed by atoms with Crippen LogP contribution in [0.1, 0.15) is 121 Å². The number of aliphatic imine (C=N–C) groups is 1. The number of nitrogens with one attached hydrogen (secondary N) is 1. The molecule has 5 fully saturated rings. The summed E-state index contributed by atoms with van der Waals surface area (Å²) in [7, 11) is 1.67. The predicted octanol–water partition coefficient (Wildman–Crippen LogP) is 8.04. The fraction of sp³-hybridized carbons (Fsp3) is 0.625. The molecule has 5 atom stereocenters. The van der Waals surface area contributed by atoms with E-state index < -0.39 is 11.7 Å². The summed E-state index contributed by atoms with van der Waals surface area (Å²) in [6.07, 6.45) is 13.8. The Morgan fingerprint density at radius 1 is 0.744 bits per heavy atom. The van der Waals surface area contributed by atoms with Gasteiger partial charge >= 0.3 is 6.09 Å². The summed E-state index contributed by atoms with van der Waals surface area (Å²) in [5.74, 6) is 3.83. The Hall–Kier alpha value is -4.41. The molecule has 1 amide bonds. The molecule has 5 saturated heterocycles. The number of methoxy groups -OCH3 is 1. The van der Waals surface area contributed by atoms with Gasteiger partial charge in [0.15, 0.2) is 40.7 Å². The second-order valence-corrected chi connectivity index (χ2v) is 24.2. The zero-order valence-electron chi connectivity index (χ0n) is 47.9. The third-order valence-corrected chi connectivity index (χ3v) is 17.9. The highest BCUT2D eigenvalue weighted by Gasteiger charge is 2.51. The Morgan fingerprint density at radius 2 is 1.37 bits per heavy atom. The van der Waals surface area contributed by atoms with Crippen molar-refractivity contribution in [3.05, 3.63) is 64.0 Å². The fourth-order valence-corrected chi connectivity index (χ4v) is 13.6. The molecule has 0 aromatic carbocycles. The topological polar surface area (TPSA) is 222 Å². The van der Waals surface area contributed by atoms with Crippen molar-refractivity contribution in [1.29, 1.82) is 0 Å². The first kappa shape index (κ1) is 63.6. The maximum Gasteiger partial charge on any atom is 0.407 e. The van der Waals surface area contributed by atoms with E-state index in [0.29, 0.717) is 30.2 Å². The summed E-state index contributed by atoms with van der Waals surface area (Å²) in [4.78, 5) is 56.1. The van der Waals surface area contributed by atoms with E-state index in [-0.39, 0.29) is 95.3 Å². The molecule has 21 nitrogen and oxygen atoms in total. The quantitative estimate of drug-likeness (QED) is 0.164. The Bertz CT molecular complexity index is 3080. The summed E-state index contributed by atoms with van der Waals surface area (Å²) in [5.41, 5.74) is 13.4. The number of hydrogen-bond donors (Lipinski definition) is 2. The van der Waals surface area contributed by atoms with Crippen LogP contribution in [0.4, 0.5) is 33.6 Å². The Balaban J connectivity index is 0.000000213. The second kappa shape index (κ2) is 26.1. The third kappa shape index (κ3) is 12.2. The highest BCUT2D eigenvalue weighted by Crippen LogP contribution is 2.46. The minimum Gasteiger partial charge on any atom is -0.478 e. The van der Waals surface area contributed by atoms with Gasteiger partial charge in [-0.15, -0.1) is 5.10 Å². The number of amides is 1. The standard InChI is InChI=1S/C32H43BrN8O4.C24H31N7O2.4H2S/c1-20-25(36-30(42)45-31(2,3)4)32(19-44-20)12-16-39(17-13-32)29-26(33)35-24-27(37-29)41(23-11-5-6-18-43-23)38-28(24)40-15-8-9-21-22(40)10-7-14-34-21;1-15-20(25)24(14-33-15)7-11-30(12-8-24)22-23(32-2)29-19-17(28-22)13-27-21(19)31-10-4-5-16-18(31)6-3-9-26-16;;;;/h7,10,14,20,23,25H,5-6,8-9,11-13,15-19H2,1-4H3,(H,36,42);3,6,9,15,20H,4-5,7-8,10-14,25H2,1-2H3;4*1H2/t20-,23?,25+;15-,20+;;;;/m00..../s1. The zero-order valence-corrected chi connectivity index (χ0v) is 53.5. The van der Waals surface area contributed by atoms with Crippen molar-refractivity contribution in [2.75, 3.05) is 85.8 Å². The minimum atomic E-state index is -0.559. The number of carbonyl (C=O) groups excluding carboxylic acids is 1. The number of alkyl carbamates (subject to hydrolysis) is 1. The molecule has 0 aliphatic carbocycles. The van der Waals surface area contributed by atoms with Gasteiger partial charge in [-0.1, -0.05) is 0 Å². The van der Waals surface area contributed by atoms with Crippen molar-refractivity contribution in [3.8, 4) is 5.88 Å². The number of nitrogens with zero attached hydrogens (tertiary/aromatic N) is 13. The first-order valence-electron chi connectivity index (χ1n) is 28.2. The van der Waals surface area contributed by atoms with Crippen LogP contribution in [0.15, 0.2) is 46.3 Å². The molecular formula is C56H82BrN15O6S4. The molecule has 0 bridgehead atoms. The normalized spacial score (nSPS) is 24.1. The molecule has 13 heterocycles. The Morgan fingerprint density at radius 3 is 1.99 bits per heavy atom. The number of carbonyl (C=O) groups is 1. The predicted molar refractivity (Wildman–Crippen MR) is 341 cm³/mol. The molecule has 5 aromatic rings. The molecular weight excluding hydrogens is 1190 g/mol. The van der Waals surface area contributed by atoms with Crippen molar-refractivity contribution in [2.45, 2.75) is 148 Å². The van der Waals surface area contributed by atoms with E-state index in [4.69, 9.17) is 59.4 Å². The molecule has 5 aromatic heterocycles. The van der Waals surface area contributed by atoms with Crippen LogP contribution >= 0.6 is 69.9 Å². The zero-order chi connectivity index (χ0) is 53.9. The van der Waals surface area contributed by atoms with Gasteiger partial charge in [0.1, 0.15) is 15.9 Å². The molecule has 8 aliphatic heterocycles. The highest BCUT2D eigenvalue weighted by atomic mass is 79.9. The summed E-state index contributed by atoms with van der Waals surface area (Å²) >= 11 is 3.79. The molecule has 0 radical (unpaired) electrons. The Labute approximate surface area is 517 Å². The molecule has 3 N–H and O–H groups in total. The monoisotopic (exact) mass is 1270 g/mol. The van der Waals surface area contributed by atoms with Crippen molar-refractivity contribution >= 4 is 122 Å². The van der Waals surface area contributed by atoms with Gasteiger partial charge in [0.2, 0.25) is 0 Å². The number of hydrogen-bond acceptors (Lipinski definition) is 19. The largest absolute Gasteiger partial charge is 0.478 e. The van der Waals surface area contributed by atoms with Crippen LogP contribution in [-0.4, -0.2) is 148 Å². The van der Waals surface area contributed by atoms with E-state index >= 15 is 0 Å². The maximum atomic E-state index is 12.7. The number of ether oxygens (including phenoxy) is 5. The number of anilines is 5. The number of nitrogens with two attached hydrogens (primary N) is 1. The number of amidine groups is 1. The van der Waals surface area contributed by atoms with Crippen molar-refractivity contribution in [2.24, 2.45) is 21.6 Å². The van der Waals surface area contributed by atoms with Crippen LogP contribution in [0, 0.1) is 10.8 Å². The lowest BCUT2D eigenvalue weighted by Gasteiger charge is -2.43. The molecule has 8 aliphatic rings. The van der Waals surface area contributed by atoms with E-state index in [9.17, 15) is 4.79 Å². The molecule has 26 heteroatoms. The fourth-order valence-electron chi connectivity index (χ4n) is 13.1. The van der Waals surface area contributed by atoms with Crippen molar-refractivity contribution in [3.63, 3.8) is 0 Å². The summed E-state index contributed by atoms with van der Waals surface area (Å²) in [6, 6.07) is 8.15. The average molecular weight is 1270 g/mol. The second-order valence-electron chi connectivity index (χ2n) is 23.4. The lowest BCUT2D eigenvalue weighted by Crippen LogP contribution is -2.55. The van der Waals surface area contributed by atoms with Crippen molar-refractivity contribution in [1.82, 2.24) is 45.0 Å². The lowest BCUT2D eigenvalue weighted by molar-refractivity contribution is -0.0368. The van der Waals surface area contributed by atoms with Gasteiger partial charge in [-0.2, -0.15) is 54.0 Å². The Kier molecular flexibility index (Phi) is 20.2. The van der Waals surface area contributed by atoms with Gasteiger partial charge < -0.3 is 54.3 Å². The number of pyridine rings is 2. The SMILES string of the molecule is COc1nc2c(nc1N1CCC3(CC1)CO[C@@H](C)[C@H]3N)CN=C2N1CCCc2ncccc21.C[C@@H]1OCC2(CCN(c3nc4c(nc3Br)c(N3CCCc5ncccc53)nn4C3CCCCO3)CC2)[C@@H]1NC(=O)OC(C)(C)C.S.S.S.S. The number of piperidine rings is 2. The number of fused-ring (bicyclic) bond motifs is 4. The minimum absolute atomic E-state index is 0. The first-order chi connectivity index (χ1) is 37.7. The molecule has 2 spiro atoms. The van der Waals surface area contributed by atoms with Crippen LogP contribution in [0.2, 0.25) is 0 Å². The van der Waals surface area contributed by atoms with Crippen LogP contribution in [-0.2, 0) is 38.3 Å². The summed E-state index contributed by atoms with van der Waals surface area (Å²) in [6.45, 7) is 17.3. The van der Waals surface area contributed by atoms with E-state index in [1.54, 1.807) is 7.11 Å². The lowest BCUT2D eigenvalue weighted by atomic mass is 9.73. The van der Waals surface area contributed by atoms with E-state index in [1.165, 1.54) is 0 Å². The van der Waals surface area contributed by atoms with Gasteiger partial charge in [-0.25, -0.2) is 29.4 Å². The number of aromatic nitrogens is 8. The average Bonchev–Trinajstić information content (AvgIpc) is 4.35. The summed E-state index contributed by atoms with van der Waals surface area (Å²) in [5, 5.41) is 8.29. The van der Waals surface area contributed by atoms with Crippen LogP contribution in [0.3, 0.4) is 0 Å². The molecule has 82 heavy (non-hydrogen) atoms. The van der Waals surface area contributed by atoms with Crippen LogP contribution in [0.25, 0.3) is 11.2 Å². The molecule has 448 valence electrons. The maximum absolute atomic E-state index is 12.7. The molecule has 1 unspecified atom stereocenters.